The van der Waals surface area contributed by atoms with Crippen LogP contribution < -0.4 is 0 Å². The third kappa shape index (κ3) is 3.22. The summed E-state index contributed by atoms with van der Waals surface area (Å²) < 4.78 is 2.22. The summed E-state index contributed by atoms with van der Waals surface area (Å²) in [5.41, 5.74) is 0. The number of carbonyl (C=O) groups is 1. The second kappa shape index (κ2) is 6.91. The van der Waals surface area contributed by atoms with E-state index in [2.05, 4.69) is 41.4 Å². The average molecular weight is 277 g/mol. The number of aryl methyl sites for hydroxylation is 1. The predicted octanol–water partition coefficient (Wildman–Crippen LogP) is 3.05. The van der Waals surface area contributed by atoms with Crippen molar-refractivity contribution in [1.29, 1.82) is 0 Å². The first-order chi connectivity index (χ1) is 9.67. The third-order valence-corrected chi connectivity index (χ3v) is 4.40. The molecule has 0 saturated carbocycles. The topological polar surface area (TPSA) is 38.1 Å². The van der Waals surface area contributed by atoms with Gasteiger partial charge in [0.05, 0.1) is 0 Å². The first-order valence-electron chi connectivity index (χ1n) is 7.97. The van der Waals surface area contributed by atoms with E-state index in [1.54, 1.807) is 0 Å². The molecule has 0 spiro atoms. The molecule has 0 aliphatic carbocycles. The Kier molecular flexibility index (Phi) is 5.21. The van der Waals surface area contributed by atoms with Gasteiger partial charge in [-0.3, -0.25) is 4.79 Å². The van der Waals surface area contributed by atoms with Crippen molar-refractivity contribution < 1.29 is 4.79 Å². The van der Waals surface area contributed by atoms with E-state index in [1.807, 2.05) is 6.20 Å². The highest BCUT2D eigenvalue weighted by atomic mass is 16.2. The highest BCUT2D eigenvalue weighted by molar-refractivity contribution is 5.78. The van der Waals surface area contributed by atoms with Crippen molar-refractivity contribution in [2.24, 2.45) is 5.92 Å². The van der Waals surface area contributed by atoms with Gasteiger partial charge in [0.15, 0.2) is 0 Å². The monoisotopic (exact) mass is 277 g/mol. The number of hydrogen-bond acceptors (Lipinski definition) is 2. The van der Waals surface area contributed by atoms with Crippen LogP contribution in [0.1, 0.15) is 58.2 Å². The molecule has 20 heavy (non-hydrogen) atoms. The Balaban J connectivity index is 1.91. The highest BCUT2D eigenvalue weighted by Gasteiger charge is 2.27. The molecule has 1 fully saturated rings. The normalized spacial score (nSPS) is 18.2. The molecule has 1 aliphatic heterocycles. The Hall–Kier alpha value is -1.32. The van der Waals surface area contributed by atoms with Crippen LogP contribution in [0, 0.1) is 5.92 Å². The third-order valence-electron chi connectivity index (χ3n) is 4.40. The van der Waals surface area contributed by atoms with Gasteiger partial charge >= 0.3 is 0 Å². The molecule has 1 atom stereocenters. The van der Waals surface area contributed by atoms with Crippen molar-refractivity contribution in [1.82, 2.24) is 14.5 Å². The lowest BCUT2D eigenvalue weighted by Gasteiger charge is -2.33. The molecule has 2 heterocycles. The number of nitrogens with zero attached hydrogens (tertiary/aromatic N) is 3. The van der Waals surface area contributed by atoms with Crippen LogP contribution in [0.2, 0.25) is 0 Å². The Bertz CT molecular complexity index is 433. The minimum Gasteiger partial charge on any atom is -0.342 e. The van der Waals surface area contributed by atoms with Gasteiger partial charge in [-0.05, 0) is 26.2 Å². The fraction of sp³-hybridized carbons (Fsp3) is 0.750. The maximum atomic E-state index is 12.3. The molecule has 0 unspecified atom stereocenters. The minimum atomic E-state index is 0.175. The molecule has 2 rings (SSSR count). The van der Waals surface area contributed by atoms with Crippen molar-refractivity contribution in [3.8, 4) is 0 Å². The smallest absolute Gasteiger partial charge is 0.225 e. The van der Waals surface area contributed by atoms with Gasteiger partial charge < -0.3 is 9.47 Å². The summed E-state index contributed by atoms with van der Waals surface area (Å²) in [4.78, 5) is 18.9. The quantitative estimate of drug-likeness (QED) is 0.829. The number of aromatic nitrogens is 2. The summed E-state index contributed by atoms with van der Waals surface area (Å²) in [5.74, 6) is 2.22. The lowest BCUT2D eigenvalue weighted by atomic mass is 9.94. The van der Waals surface area contributed by atoms with Gasteiger partial charge in [-0.1, -0.05) is 20.3 Å². The zero-order valence-electron chi connectivity index (χ0n) is 13.0. The highest BCUT2D eigenvalue weighted by Crippen LogP contribution is 2.27. The van der Waals surface area contributed by atoms with Crippen LogP contribution >= 0.6 is 0 Å². The first-order valence-corrected chi connectivity index (χ1v) is 7.97. The standard InChI is InChI=1S/C16H27N3O/c1-4-6-13(3)16(20)19-10-7-14(8-11-19)15-17-9-12-18(15)5-2/h9,12-14H,4-8,10-11H2,1-3H3/t13-/m0/s1. The number of amides is 1. The number of hydrogen-bond donors (Lipinski definition) is 0. The van der Waals surface area contributed by atoms with Crippen molar-refractivity contribution >= 4 is 5.91 Å². The molecule has 0 radical (unpaired) electrons. The van der Waals surface area contributed by atoms with E-state index in [-0.39, 0.29) is 5.92 Å². The van der Waals surface area contributed by atoms with Gasteiger partial charge in [0.25, 0.3) is 0 Å². The number of likely N-dealkylation sites (tertiary alicyclic amines) is 1. The van der Waals surface area contributed by atoms with Crippen molar-refractivity contribution in [3.63, 3.8) is 0 Å². The van der Waals surface area contributed by atoms with E-state index < -0.39 is 0 Å². The van der Waals surface area contributed by atoms with Gasteiger partial charge in [0.1, 0.15) is 5.82 Å². The minimum absolute atomic E-state index is 0.175. The molecule has 0 bridgehead atoms. The molecule has 4 heteroatoms. The average Bonchev–Trinajstić information content (AvgIpc) is 2.95. The Morgan fingerprint density at radius 3 is 2.70 bits per heavy atom. The van der Waals surface area contributed by atoms with Crippen LogP contribution in [0.4, 0.5) is 0 Å². The van der Waals surface area contributed by atoms with E-state index in [0.29, 0.717) is 11.8 Å². The zero-order valence-corrected chi connectivity index (χ0v) is 13.0. The van der Waals surface area contributed by atoms with E-state index in [9.17, 15) is 4.79 Å². The number of piperidine rings is 1. The molecule has 1 amide bonds. The summed E-state index contributed by atoms with van der Waals surface area (Å²) in [6.45, 7) is 9.09. The summed E-state index contributed by atoms with van der Waals surface area (Å²) in [5, 5.41) is 0. The molecule has 0 aromatic carbocycles. The van der Waals surface area contributed by atoms with Crippen LogP contribution in [0.5, 0.6) is 0 Å². The van der Waals surface area contributed by atoms with E-state index in [1.165, 1.54) is 5.82 Å². The number of carbonyl (C=O) groups excluding carboxylic acids is 1. The Labute approximate surface area is 122 Å². The van der Waals surface area contributed by atoms with Gasteiger partial charge in [0, 0.05) is 43.9 Å². The largest absolute Gasteiger partial charge is 0.342 e. The maximum Gasteiger partial charge on any atom is 0.225 e. The fourth-order valence-corrected chi connectivity index (χ4v) is 3.17. The van der Waals surface area contributed by atoms with Crippen molar-refractivity contribution in [2.45, 2.75) is 58.9 Å². The maximum absolute atomic E-state index is 12.3. The van der Waals surface area contributed by atoms with Crippen LogP contribution in [0.3, 0.4) is 0 Å². The molecule has 0 N–H and O–H groups in total. The Morgan fingerprint density at radius 2 is 2.10 bits per heavy atom. The van der Waals surface area contributed by atoms with Crippen LogP contribution in [-0.4, -0.2) is 33.4 Å². The molecular weight excluding hydrogens is 250 g/mol. The number of rotatable bonds is 5. The summed E-state index contributed by atoms with van der Waals surface area (Å²) >= 11 is 0. The van der Waals surface area contributed by atoms with Crippen LogP contribution in [-0.2, 0) is 11.3 Å². The van der Waals surface area contributed by atoms with Crippen molar-refractivity contribution in [3.05, 3.63) is 18.2 Å². The lowest BCUT2D eigenvalue weighted by Crippen LogP contribution is -2.41. The summed E-state index contributed by atoms with van der Waals surface area (Å²) in [6.07, 6.45) is 8.11. The van der Waals surface area contributed by atoms with Crippen molar-refractivity contribution in [2.75, 3.05) is 13.1 Å². The van der Waals surface area contributed by atoms with Crippen LogP contribution in [0.15, 0.2) is 12.4 Å². The SMILES string of the molecule is CCC[C@H](C)C(=O)N1CCC(c2nccn2CC)CC1. The van der Waals surface area contributed by atoms with E-state index in [0.717, 1.165) is 45.3 Å². The molecule has 1 aromatic rings. The molecule has 1 saturated heterocycles. The first kappa shape index (κ1) is 15.1. The number of imidazole rings is 1. The van der Waals surface area contributed by atoms with Gasteiger partial charge in [-0.15, -0.1) is 0 Å². The summed E-state index contributed by atoms with van der Waals surface area (Å²) in [6, 6.07) is 0. The van der Waals surface area contributed by atoms with E-state index >= 15 is 0 Å². The second-order valence-corrected chi connectivity index (χ2v) is 5.86. The zero-order chi connectivity index (χ0) is 14.5. The molecule has 1 aromatic heterocycles. The molecular formula is C16H27N3O. The van der Waals surface area contributed by atoms with E-state index in [4.69, 9.17) is 0 Å². The lowest BCUT2D eigenvalue weighted by molar-refractivity contribution is -0.136. The van der Waals surface area contributed by atoms with Gasteiger partial charge in [0.2, 0.25) is 5.91 Å². The molecule has 1 aliphatic rings. The fourth-order valence-electron chi connectivity index (χ4n) is 3.17. The van der Waals surface area contributed by atoms with Crippen LogP contribution in [0.25, 0.3) is 0 Å². The Morgan fingerprint density at radius 1 is 1.40 bits per heavy atom. The van der Waals surface area contributed by atoms with Gasteiger partial charge in [-0.25, -0.2) is 4.98 Å². The molecule has 4 nitrogen and oxygen atoms in total. The molecule has 112 valence electrons. The second-order valence-electron chi connectivity index (χ2n) is 5.86. The summed E-state index contributed by atoms with van der Waals surface area (Å²) in [7, 11) is 0. The van der Waals surface area contributed by atoms with Gasteiger partial charge in [-0.2, -0.15) is 0 Å². The predicted molar refractivity (Wildman–Crippen MR) is 80.5 cm³/mol.